The number of hydrogen-bond acceptors (Lipinski definition) is 7. The van der Waals surface area contributed by atoms with Crippen LogP contribution < -0.4 is 11.5 Å². The van der Waals surface area contributed by atoms with Gasteiger partial charge in [0.2, 0.25) is 0 Å². The van der Waals surface area contributed by atoms with Gasteiger partial charge in [-0.15, -0.1) is 11.3 Å². The van der Waals surface area contributed by atoms with Crippen LogP contribution in [0.4, 0.5) is 10.1 Å². The van der Waals surface area contributed by atoms with E-state index in [1.807, 2.05) is 0 Å². The number of sulfone groups is 1. The van der Waals surface area contributed by atoms with Crippen LogP contribution in [-0.2, 0) is 15.4 Å². The quantitative estimate of drug-likeness (QED) is 0.828. The summed E-state index contributed by atoms with van der Waals surface area (Å²) in [5.74, 6) is -0.836. The highest BCUT2D eigenvalue weighted by Gasteiger charge is 2.50. The lowest BCUT2D eigenvalue weighted by atomic mass is 10.0. The summed E-state index contributed by atoms with van der Waals surface area (Å²) in [4.78, 5) is 9.19. The van der Waals surface area contributed by atoms with Crippen molar-refractivity contribution in [3.63, 3.8) is 0 Å². The van der Waals surface area contributed by atoms with Crippen molar-refractivity contribution in [1.82, 2.24) is 4.98 Å². The Balaban J connectivity index is 2.13. The van der Waals surface area contributed by atoms with Gasteiger partial charge in [0.25, 0.3) is 0 Å². The zero-order valence-electron chi connectivity index (χ0n) is 14.1. The van der Waals surface area contributed by atoms with Gasteiger partial charge in [-0.3, -0.25) is 9.98 Å². The molecule has 0 amide bonds. The molecule has 25 heavy (non-hydrogen) atoms. The second-order valence-electron chi connectivity index (χ2n) is 6.83. The molecule has 0 fully saturated rings. The van der Waals surface area contributed by atoms with Crippen molar-refractivity contribution >= 4 is 32.7 Å². The molecule has 2 aromatic heterocycles. The van der Waals surface area contributed by atoms with Crippen LogP contribution in [0.5, 0.6) is 0 Å². The number of anilines is 1. The number of thiophene rings is 1. The zero-order chi connectivity index (χ0) is 18.6. The Morgan fingerprint density at radius 3 is 2.48 bits per heavy atom. The number of rotatable bonds is 2. The van der Waals surface area contributed by atoms with Gasteiger partial charge < -0.3 is 11.5 Å². The molecule has 0 radical (unpaired) electrons. The summed E-state index contributed by atoms with van der Waals surface area (Å²) in [5.41, 5.74) is 11.5. The number of amidine groups is 1. The number of hydrogen-bond donors (Lipinski definition) is 2. The Kier molecular flexibility index (Phi) is 3.92. The summed E-state index contributed by atoms with van der Waals surface area (Å²) < 4.78 is 38.6. The van der Waals surface area contributed by atoms with Crippen molar-refractivity contribution in [3.05, 3.63) is 35.2 Å². The number of nitrogens with two attached hydrogens (primary N) is 2. The highest BCUT2D eigenvalue weighted by atomic mass is 32.2. The predicted molar refractivity (Wildman–Crippen MR) is 98.8 cm³/mol. The number of halogens is 1. The summed E-state index contributed by atoms with van der Waals surface area (Å²) in [7, 11) is -3.59. The van der Waals surface area contributed by atoms with Crippen LogP contribution >= 0.6 is 11.3 Å². The third-order valence-electron chi connectivity index (χ3n) is 4.45. The summed E-state index contributed by atoms with van der Waals surface area (Å²) in [6.45, 7) is 4.60. The van der Waals surface area contributed by atoms with Gasteiger partial charge >= 0.3 is 0 Å². The molecule has 0 aliphatic carbocycles. The normalized spacial score (nSPS) is 24.7. The summed E-state index contributed by atoms with van der Waals surface area (Å²) in [5, 5.41) is 0. The lowest BCUT2D eigenvalue weighted by Gasteiger charge is -2.37. The summed E-state index contributed by atoms with van der Waals surface area (Å²) >= 11 is 1.13. The van der Waals surface area contributed by atoms with Crippen molar-refractivity contribution in [2.45, 2.75) is 31.1 Å². The standard InChI is InChI=1S/C16H19FN4O2S2/c1-15(2)14(19)21-16(3,8-25(15,22)23)13-11(17)5-12(24-13)9-4-10(18)7-20-6-9/h4-7H,8,18H2,1-3H3,(H2,19,21)/t16-/m0/s1. The molecule has 4 N–H and O–H groups in total. The second kappa shape index (κ2) is 5.50. The molecule has 0 aromatic carbocycles. The van der Waals surface area contributed by atoms with Gasteiger partial charge in [-0.1, -0.05) is 0 Å². The molecule has 0 saturated heterocycles. The molecule has 1 aliphatic heterocycles. The van der Waals surface area contributed by atoms with E-state index in [1.165, 1.54) is 26.1 Å². The van der Waals surface area contributed by atoms with E-state index in [4.69, 9.17) is 11.5 Å². The van der Waals surface area contributed by atoms with Gasteiger partial charge in [0.1, 0.15) is 21.9 Å². The Morgan fingerprint density at radius 1 is 1.20 bits per heavy atom. The Labute approximate surface area is 149 Å². The molecule has 1 aliphatic rings. The van der Waals surface area contributed by atoms with Crippen molar-refractivity contribution in [1.29, 1.82) is 0 Å². The zero-order valence-corrected chi connectivity index (χ0v) is 15.7. The first-order valence-electron chi connectivity index (χ1n) is 7.55. The maximum Gasteiger partial charge on any atom is 0.165 e. The molecule has 2 aromatic rings. The largest absolute Gasteiger partial charge is 0.397 e. The highest BCUT2D eigenvalue weighted by molar-refractivity contribution is 7.93. The molecule has 3 rings (SSSR count). The molecule has 9 heteroatoms. The minimum Gasteiger partial charge on any atom is -0.397 e. The molecular formula is C16H19FN4O2S2. The van der Waals surface area contributed by atoms with E-state index < -0.39 is 25.9 Å². The van der Waals surface area contributed by atoms with E-state index in [1.54, 1.807) is 19.2 Å². The van der Waals surface area contributed by atoms with E-state index in [9.17, 15) is 12.8 Å². The van der Waals surface area contributed by atoms with Gasteiger partial charge in [0.15, 0.2) is 9.84 Å². The molecule has 3 heterocycles. The number of aliphatic imine (C=N–C) groups is 1. The minimum atomic E-state index is -3.59. The van der Waals surface area contributed by atoms with Gasteiger partial charge in [0.05, 0.1) is 16.3 Å². The van der Waals surface area contributed by atoms with Gasteiger partial charge in [-0.2, -0.15) is 0 Å². The third kappa shape index (κ3) is 2.81. The summed E-state index contributed by atoms with van der Waals surface area (Å²) in [6.07, 6.45) is 3.07. The van der Waals surface area contributed by atoms with Crippen molar-refractivity contribution in [2.75, 3.05) is 11.5 Å². The number of nitrogens with zero attached hydrogens (tertiary/aromatic N) is 2. The van der Waals surface area contributed by atoms with E-state index in [0.29, 0.717) is 16.1 Å². The average Bonchev–Trinajstić information content (AvgIpc) is 2.88. The maximum atomic E-state index is 14.7. The molecule has 134 valence electrons. The van der Waals surface area contributed by atoms with Crippen LogP contribution in [0.1, 0.15) is 25.6 Å². The van der Waals surface area contributed by atoms with E-state index >= 15 is 0 Å². The van der Waals surface area contributed by atoms with Crippen molar-refractivity contribution in [3.8, 4) is 10.4 Å². The topological polar surface area (TPSA) is 111 Å². The fourth-order valence-corrected chi connectivity index (χ4v) is 5.60. The first-order valence-corrected chi connectivity index (χ1v) is 10.0. The fraction of sp³-hybridized carbons (Fsp3) is 0.375. The van der Waals surface area contributed by atoms with Crippen molar-refractivity contribution in [2.24, 2.45) is 10.7 Å². The van der Waals surface area contributed by atoms with Crippen LogP contribution in [0, 0.1) is 5.82 Å². The second-order valence-corrected chi connectivity index (χ2v) is 10.4. The summed E-state index contributed by atoms with van der Waals surface area (Å²) in [6, 6.07) is 3.03. The predicted octanol–water partition coefficient (Wildman–Crippen LogP) is 2.31. The van der Waals surface area contributed by atoms with E-state index in [0.717, 1.165) is 11.3 Å². The lowest BCUT2D eigenvalue weighted by molar-refractivity contribution is 0.486. The third-order valence-corrected chi connectivity index (χ3v) is 8.57. The number of nitrogen functional groups attached to an aromatic ring is 1. The van der Waals surface area contributed by atoms with Gasteiger partial charge in [-0.25, -0.2) is 12.8 Å². The molecule has 0 bridgehead atoms. The molecule has 0 saturated carbocycles. The van der Waals surface area contributed by atoms with E-state index in [-0.39, 0.29) is 16.5 Å². The number of pyridine rings is 1. The van der Waals surface area contributed by atoms with E-state index in [2.05, 4.69) is 9.98 Å². The van der Waals surface area contributed by atoms with Crippen LogP contribution in [0.3, 0.4) is 0 Å². The Bertz CT molecular complexity index is 982. The molecule has 6 nitrogen and oxygen atoms in total. The first kappa shape index (κ1) is 17.8. The molecular weight excluding hydrogens is 363 g/mol. The SMILES string of the molecule is CC1(C)C(N)=N[C@](C)(c2sc(-c3cncc(N)c3)cc2F)CS1(=O)=O. The number of aromatic nitrogens is 1. The highest BCUT2D eigenvalue weighted by Crippen LogP contribution is 2.43. The van der Waals surface area contributed by atoms with Crippen LogP contribution in [0.2, 0.25) is 0 Å². The smallest absolute Gasteiger partial charge is 0.165 e. The average molecular weight is 382 g/mol. The van der Waals surface area contributed by atoms with Crippen LogP contribution in [-0.4, -0.2) is 29.7 Å². The lowest BCUT2D eigenvalue weighted by Crippen LogP contribution is -2.54. The Morgan fingerprint density at radius 2 is 1.88 bits per heavy atom. The Hall–Kier alpha value is -2.00. The van der Waals surface area contributed by atoms with Gasteiger partial charge in [0, 0.05) is 22.8 Å². The molecule has 1 atom stereocenters. The van der Waals surface area contributed by atoms with Crippen LogP contribution in [0.15, 0.2) is 29.5 Å². The van der Waals surface area contributed by atoms with Crippen LogP contribution in [0.25, 0.3) is 10.4 Å². The molecule has 0 unspecified atom stereocenters. The van der Waals surface area contributed by atoms with Crippen molar-refractivity contribution < 1.29 is 12.8 Å². The molecule has 0 spiro atoms. The first-order chi connectivity index (χ1) is 11.5. The minimum absolute atomic E-state index is 0.0128. The maximum absolute atomic E-state index is 14.7. The monoisotopic (exact) mass is 382 g/mol. The fourth-order valence-electron chi connectivity index (χ4n) is 2.73. The van der Waals surface area contributed by atoms with Gasteiger partial charge in [-0.05, 0) is 32.9 Å².